The van der Waals surface area contributed by atoms with Crippen LogP contribution in [0.2, 0.25) is 0 Å². The van der Waals surface area contributed by atoms with E-state index in [0.29, 0.717) is 29.1 Å². The summed E-state index contributed by atoms with van der Waals surface area (Å²) >= 11 is 0. The number of aromatic hydroxyl groups is 1. The molecule has 0 amide bonds. The van der Waals surface area contributed by atoms with Crippen LogP contribution in [0.15, 0.2) is 30.3 Å². The lowest BCUT2D eigenvalue weighted by Gasteiger charge is -2.24. The third-order valence-corrected chi connectivity index (χ3v) is 5.65. The third kappa shape index (κ3) is 4.20. The molecule has 4 rings (SSSR count). The molecule has 3 atom stereocenters. The normalized spacial score (nSPS) is 25.6. The predicted molar refractivity (Wildman–Crippen MR) is 110 cm³/mol. The maximum atomic E-state index is 10.1. The van der Waals surface area contributed by atoms with Gasteiger partial charge in [0.25, 0.3) is 0 Å². The van der Waals surface area contributed by atoms with Crippen molar-refractivity contribution < 1.29 is 9.84 Å². The fraction of sp³-hybridized carbons (Fsp3) is 0.524. The number of nitrogens with one attached hydrogen (secondary N) is 1. The fourth-order valence-corrected chi connectivity index (χ4v) is 4.18. The summed E-state index contributed by atoms with van der Waals surface area (Å²) in [7, 11) is 0. The summed E-state index contributed by atoms with van der Waals surface area (Å²) in [6.45, 7) is 6.05. The summed E-state index contributed by atoms with van der Waals surface area (Å²) in [5.41, 5.74) is 8.26. The summed E-state index contributed by atoms with van der Waals surface area (Å²) < 4.78 is 6.43. The number of anilines is 2. The van der Waals surface area contributed by atoms with Crippen molar-refractivity contribution in [2.75, 3.05) is 36.8 Å². The van der Waals surface area contributed by atoms with Gasteiger partial charge in [-0.05, 0) is 56.5 Å². The highest BCUT2D eigenvalue weighted by atomic mass is 16.5. The molecule has 0 aliphatic carbocycles. The van der Waals surface area contributed by atoms with Crippen molar-refractivity contribution in [2.24, 2.45) is 5.92 Å². The lowest BCUT2D eigenvalue weighted by atomic mass is 10.0. The van der Waals surface area contributed by atoms with E-state index in [9.17, 15) is 5.11 Å². The molecule has 150 valence electrons. The maximum Gasteiger partial charge on any atom is 0.169 e. The van der Waals surface area contributed by atoms with Gasteiger partial charge in [-0.1, -0.05) is 19.1 Å². The van der Waals surface area contributed by atoms with Crippen LogP contribution in [0, 0.1) is 5.92 Å². The SMILES string of the molecule is CC1CNCCC(O[C@H]2CCN(c3cc(-c4ccccc4O)nnc3N)C2)C1. The van der Waals surface area contributed by atoms with E-state index in [1.54, 1.807) is 12.1 Å². The second kappa shape index (κ2) is 8.32. The molecule has 1 aromatic carbocycles. The zero-order valence-electron chi connectivity index (χ0n) is 16.3. The van der Waals surface area contributed by atoms with Gasteiger partial charge in [-0.25, -0.2) is 0 Å². The maximum absolute atomic E-state index is 10.1. The molecule has 0 spiro atoms. The van der Waals surface area contributed by atoms with E-state index < -0.39 is 0 Å². The smallest absolute Gasteiger partial charge is 0.169 e. The van der Waals surface area contributed by atoms with Gasteiger partial charge >= 0.3 is 0 Å². The molecule has 2 aliphatic heterocycles. The Bertz CT molecular complexity index is 815. The van der Waals surface area contributed by atoms with E-state index in [-0.39, 0.29) is 11.9 Å². The Morgan fingerprint density at radius 2 is 2.07 bits per heavy atom. The van der Waals surface area contributed by atoms with Gasteiger partial charge in [-0.3, -0.25) is 0 Å². The van der Waals surface area contributed by atoms with Gasteiger partial charge in [-0.2, -0.15) is 0 Å². The summed E-state index contributed by atoms with van der Waals surface area (Å²) in [5.74, 6) is 1.24. The number of phenolic OH excluding ortho intramolecular Hbond substituents is 1. The van der Waals surface area contributed by atoms with Crippen LogP contribution in [0.3, 0.4) is 0 Å². The number of ether oxygens (including phenoxy) is 1. The molecule has 28 heavy (non-hydrogen) atoms. The standard InChI is InChI=1S/C21H29N5O2/c1-14-10-15(6-8-23-12-14)28-16-7-9-26(13-16)19-11-18(24-25-21(19)22)17-4-2-3-5-20(17)27/h2-5,11,14-16,23,27H,6-10,12-13H2,1H3,(H2,22,25)/t14?,15?,16-/m0/s1. The number of nitrogens with two attached hydrogens (primary N) is 1. The minimum absolute atomic E-state index is 0.186. The monoisotopic (exact) mass is 383 g/mol. The van der Waals surface area contributed by atoms with E-state index in [1.807, 2.05) is 18.2 Å². The predicted octanol–water partition coefficient (Wildman–Crippen LogP) is 2.41. The molecule has 4 N–H and O–H groups in total. The van der Waals surface area contributed by atoms with Gasteiger partial charge in [0.15, 0.2) is 5.82 Å². The van der Waals surface area contributed by atoms with Crippen LogP contribution < -0.4 is 16.0 Å². The largest absolute Gasteiger partial charge is 0.507 e. The van der Waals surface area contributed by atoms with Crippen molar-refractivity contribution in [3.05, 3.63) is 30.3 Å². The first-order valence-electron chi connectivity index (χ1n) is 10.1. The average Bonchev–Trinajstić information content (AvgIpc) is 3.04. The molecule has 0 saturated carbocycles. The van der Waals surface area contributed by atoms with Gasteiger partial charge in [-0.15, -0.1) is 10.2 Å². The van der Waals surface area contributed by atoms with Crippen molar-refractivity contribution in [3.63, 3.8) is 0 Å². The van der Waals surface area contributed by atoms with Crippen LogP contribution in [-0.4, -0.2) is 53.7 Å². The van der Waals surface area contributed by atoms with Crippen molar-refractivity contribution in [1.82, 2.24) is 15.5 Å². The van der Waals surface area contributed by atoms with E-state index >= 15 is 0 Å². The van der Waals surface area contributed by atoms with Gasteiger partial charge in [0.1, 0.15) is 5.75 Å². The molecule has 2 unspecified atom stereocenters. The van der Waals surface area contributed by atoms with Crippen LogP contribution >= 0.6 is 0 Å². The number of rotatable bonds is 4. The summed E-state index contributed by atoms with van der Waals surface area (Å²) in [4.78, 5) is 2.22. The summed E-state index contributed by atoms with van der Waals surface area (Å²) in [6.07, 6.45) is 3.68. The van der Waals surface area contributed by atoms with Gasteiger partial charge < -0.3 is 25.8 Å². The van der Waals surface area contributed by atoms with E-state index in [4.69, 9.17) is 10.5 Å². The molecule has 1 aromatic heterocycles. The fourth-order valence-electron chi connectivity index (χ4n) is 4.18. The Balaban J connectivity index is 1.46. The zero-order valence-corrected chi connectivity index (χ0v) is 16.3. The molecule has 2 aliphatic rings. The highest BCUT2D eigenvalue weighted by Gasteiger charge is 2.29. The molecular weight excluding hydrogens is 354 g/mol. The Morgan fingerprint density at radius 3 is 2.93 bits per heavy atom. The first kappa shape index (κ1) is 19.0. The van der Waals surface area contributed by atoms with Crippen LogP contribution in [0.4, 0.5) is 11.5 Å². The Hall–Kier alpha value is -2.38. The van der Waals surface area contributed by atoms with Crippen LogP contribution in [0.25, 0.3) is 11.3 Å². The highest BCUT2D eigenvalue weighted by Crippen LogP contribution is 2.33. The molecule has 2 saturated heterocycles. The van der Waals surface area contributed by atoms with Crippen LogP contribution in [0.1, 0.15) is 26.2 Å². The number of aromatic nitrogens is 2. The summed E-state index contributed by atoms with van der Waals surface area (Å²) in [6, 6.07) is 9.05. The number of para-hydroxylation sites is 1. The van der Waals surface area contributed by atoms with Gasteiger partial charge in [0.05, 0.1) is 23.6 Å². The molecular formula is C21H29N5O2. The molecule has 0 radical (unpaired) electrons. The molecule has 7 nitrogen and oxygen atoms in total. The van der Waals surface area contributed by atoms with Gasteiger partial charge in [0.2, 0.25) is 0 Å². The number of benzene rings is 1. The van der Waals surface area contributed by atoms with Crippen molar-refractivity contribution in [3.8, 4) is 17.0 Å². The Kier molecular flexibility index (Phi) is 5.64. The zero-order chi connectivity index (χ0) is 19.5. The molecule has 0 bridgehead atoms. The molecule has 2 fully saturated rings. The molecule has 7 heteroatoms. The minimum atomic E-state index is 0.186. The second-order valence-electron chi connectivity index (χ2n) is 7.97. The van der Waals surface area contributed by atoms with Crippen molar-refractivity contribution >= 4 is 11.5 Å². The second-order valence-corrected chi connectivity index (χ2v) is 7.97. The van der Waals surface area contributed by atoms with E-state index in [2.05, 4.69) is 27.3 Å². The number of hydrogen-bond donors (Lipinski definition) is 3. The Labute approximate surface area is 165 Å². The lowest BCUT2D eigenvalue weighted by Crippen LogP contribution is -2.28. The minimum Gasteiger partial charge on any atom is -0.507 e. The number of nitrogens with zero attached hydrogens (tertiary/aromatic N) is 3. The van der Waals surface area contributed by atoms with Crippen molar-refractivity contribution in [2.45, 2.75) is 38.4 Å². The topological polar surface area (TPSA) is 96.5 Å². The molecule has 2 aromatic rings. The van der Waals surface area contributed by atoms with Crippen molar-refractivity contribution in [1.29, 1.82) is 0 Å². The first-order chi connectivity index (χ1) is 13.6. The quantitative estimate of drug-likeness (QED) is 0.746. The van der Waals surface area contributed by atoms with Gasteiger partial charge in [0, 0.05) is 18.7 Å². The number of hydrogen-bond acceptors (Lipinski definition) is 7. The number of phenols is 1. The van der Waals surface area contributed by atoms with Crippen LogP contribution in [-0.2, 0) is 4.74 Å². The average molecular weight is 383 g/mol. The third-order valence-electron chi connectivity index (χ3n) is 5.65. The highest BCUT2D eigenvalue weighted by molar-refractivity contribution is 5.74. The molecule has 3 heterocycles. The summed E-state index contributed by atoms with van der Waals surface area (Å²) in [5, 5.41) is 21.9. The Morgan fingerprint density at radius 1 is 1.21 bits per heavy atom. The van der Waals surface area contributed by atoms with E-state index in [1.165, 1.54) is 0 Å². The van der Waals surface area contributed by atoms with E-state index in [0.717, 1.165) is 51.1 Å². The number of nitrogen functional groups attached to an aromatic ring is 1. The van der Waals surface area contributed by atoms with Crippen LogP contribution in [0.5, 0.6) is 5.75 Å². The lowest BCUT2D eigenvalue weighted by molar-refractivity contribution is -0.0109. The first-order valence-corrected chi connectivity index (χ1v) is 10.1.